The molecule has 0 aliphatic heterocycles. The summed E-state index contributed by atoms with van der Waals surface area (Å²) in [5, 5.41) is 0. The second-order valence-corrected chi connectivity index (χ2v) is 4.89. The molecule has 18 heteroatoms. The van der Waals surface area contributed by atoms with E-state index in [9.17, 15) is 79.8 Å². The quantitative estimate of drug-likeness (QED) is 0.406. The summed E-state index contributed by atoms with van der Waals surface area (Å²) < 4.78 is 200. The highest BCUT2D eigenvalue weighted by Crippen LogP contribution is 2.60. The first kappa shape index (κ1) is 26.2. The molecule has 0 saturated carbocycles. The molecule has 0 fully saturated rings. The summed E-state index contributed by atoms with van der Waals surface area (Å²) in [7, 11) is 0. The third-order valence-electron chi connectivity index (χ3n) is 2.92. The van der Waals surface area contributed by atoms with Crippen molar-refractivity contribution >= 4 is 11.6 Å². The second-order valence-electron chi connectivity index (χ2n) is 4.89. The Morgan fingerprint density at radius 3 is 1.07 bits per heavy atom. The molecule has 0 atom stereocenters. The van der Waals surface area contributed by atoms with E-state index in [4.69, 9.17) is 0 Å². The standard InChI is InChI=1S/C10H2F16O2/c11-4(12,2(27)1-3(28)5(13,14)15)6(16,17)7(18,19)8(20,21)9(22,23)10(24,25)26/h1H2. The minimum atomic E-state index is -8.33. The van der Waals surface area contributed by atoms with Gasteiger partial charge in [-0.3, -0.25) is 9.59 Å². The van der Waals surface area contributed by atoms with Gasteiger partial charge in [-0.2, -0.15) is 70.2 Å². The lowest BCUT2D eigenvalue weighted by molar-refractivity contribution is -0.436. The van der Waals surface area contributed by atoms with Crippen LogP contribution >= 0.6 is 0 Å². The third-order valence-corrected chi connectivity index (χ3v) is 2.92. The highest BCUT2D eigenvalue weighted by Gasteiger charge is 2.91. The maximum Gasteiger partial charge on any atom is 0.460 e. The fraction of sp³-hybridized carbons (Fsp3) is 0.800. The number of carbonyl (C=O) groups excluding carboxylic acids is 2. The average Bonchev–Trinajstić information content (AvgIpc) is 2.43. The molecule has 0 amide bonds. The minimum Gasteiger partial charge on any atom is -0.292 e. The molecule has 166 valence electrons. The van der Waals surface area contributed by atoms with Crippen LogP contribution in [-0.2, 0) is 9.59 Å². The Kier molecular flexibility index (Phi) is 6.21. The lowest BCUT2D eigenvalue weighted by Crippen LogP contribution is -2.71. The Bertz CT molecular complexity index is 624. The molecule has 2 nitrogen and oxygen atoms in total. The summed E-state index contributed by atoms with van der Waals surface area (Å²) in [5.74, 6) is -47.8. The van der Waals surface area contributed by atoms with Gasteiger partial charge in [-0.15, -0.1) is 0 Å². The van der Waals surface area contributed by atoms with Crippen LogP contribution in [0.3, 0.4) is 0 Å². The number of carbonyl (C=O) groups is 2. The molecule has 0 bridgehead atoms. The lowest BCUT2D eigenvalue weighted by atomic mass is 9.91. The number of halogens is 16. The molecule has 0 radical (unpaired) electrons. The molecule has 0 N–H and O–H groups in total. The van der Waals surface area contributed by atoms with E-state index in [0.29, 0.717) is 0 Å². The predicted octanol–water partition coefficient (Wildman–Crippen LogP) is 4.82. The molecular formula is C10H2F16O2. The number of alkyl halides is 16. The van der Waals surface area contributed by atoms with Crippen LogP contribution in [0, 0.1) is 0 Å². The predicted molar refractivity (Wildman–Crippen MR) is 51.5 cm³/mol. The summed E-state index contributed by atoms with van der Waals surface area (Å²) in [6.45, 7) is 0. The topological polar surface area (TPSA) is 34.1 Å². The van der Waals surface area contributed by atoms with Crippen LogP contribution in [0.4, 0.5) is 70.2 Å². The fourth-order valence-electron chi connectivity index (χ4n) is 1.30. The van der Waals surface area contributed by atoms with Crippen molar-refractivity contribution in [3.8, 4) is 0 Å². The lowest BCUT2D eigenvalue weighted by Gasteiger charge is -2.39. The molecule has 0 aliphatic rings. The largest absolute Gasteiger partial charge is 0.460 e. The molecule has 0 unspecified atom stereocenters. The van der Waals surface area contributed by atoms with E-state index < -0.39 is 60.0 Å². The van der Waals surface area contributed by atoms with Gasteiger partial charge in [-0.25, -0.2) is 0 Å². The van der Waals surface area contributed by atoms with Crippen LogP contribution in [0.25, 0.3) is 0 Å². The van der Waals surface area contributed by atoms with Crippen molar-refractivity contribution in [2.75, 3.05) is 0 Å². The van der Waals surface area contributed by atoms with Crippen molar-refractivity contribution in [3.05, 3.63) is 0 Å². The van der Waals surface area contributed by atoms with Crippen molar-refractivity contribution in [3.63, 3.8) is 0 Å². The normalized spacial score (nSPS) is 15.6. The zero-order valence-corrected chi connectivity index (χ0v) is 12.1. The van der Waals surface area contributed by atoms with Crippen molar-refractivity contribution in [2.45, 2.75) is 48.4 Å². The average molecular weight is 458 g/mol. The monoisotopic (exact) mass is 458 g/mol. The summed E-state index contributed by atoms with van der Waals surface area (Å²) in [6, 6.07) is 0. The Balaban J connectivity index is 6.26. The van der Waals surface area contributed by atoms with Crippen LogP contribution < -0.4 is 0 Å². The summed E-state index contributed by atoms with van der Waals surface area (Å²) >= 11 is 0. The van der Waals surface area contributed by atoms with Crippen molar-refractivity contribution < 1.29 is 79.8 Å². The highest BCUT2D eigenvalue weighted by molar-refractivity contribution is 6.04. The molecule has 0 spiro atoms. The van der Waals surface area contributed by atoms with E-state index in [2.05, 4.69) is 0 Å². The van der Waals surface area contributed by atoms with E-state index in [-0.39, 0.29) is 0 Å². The first-order valence-corrected chi connectivity index (χ1v) is 5.89. The van der Waals surface area contributed by atoms with Crippen LogP contribution in [-0.4, -0.2) is 53.5 Å². The molecule has 0 rings (SSSR count). The van der Waals surface area contributed by atoms with Crippen molar-refractivity contribution in [2.24, 2.45) is 0 Å². The SMILES string of the molecule is O=C(CC(=O)C(F)(F)C(F)(F)C(F)(F)C(F)(F)C(F)(F)C(F)(F)F)C(F)(F)F. The zero-order valence-electron chi connectivity index (χ0n) is 12.1. The highest BCUT2D eigenvalue weighted by atomic mass is 19.4. The Morgan fingerprint density at radius 2 is 0.786 bits per heavy atom. The van der Waals surface area contributed by atoms with E-state index in [0.717, 1.165) is 0 Å². The first-order valence-electron chi connectivity index (χ1n) is 5.89. The Hall–Kier alpha value is -1.78. The van der Waals surface area contributed by atoms with E-state index in [1.165, 1.54) is 0 Å². The Morgan fingerprint density at radius 1 is 0.464 bits per heavy atom. The molecule has 0 aliphatic carbocycles. The molecule has 28 heavy (non-hydrogen) atoms. The summed E-state index contributed by atoms with van der Waals surface area (Å²) in [4.78, 5) is 20.9. The number of Topliss-reactive ketones (excluding diaryl/α,β-unsaturated/α-hetero) is 2. The van der Waals surface area contributed by atoms with E-state index in [1.54, 1.807) is 0 Å². The maximum absolute atomic E-state index is 13.1. The van der Waals surface area contributed by atoms with Gasteiger partial charge in [-0.05, 0) is 0 Å². The van der Waals surface area contributed by atoms with Gasteiger partial charge in [0.2, 0.25) is 11.6 Å². The van der Waals surface area contributed by atoms with Crippen LogP contribution in [0.5, 0.6) is 0 Å². The number of ketones is 2. The van der Waals surface area contributed by atoms with Gasteiger partial charge in [0.25, 0.3) is 0 Å². The number of hydrogen-bond donors (Lipinski definition) is 0. The molecule has 0 saturated heterocycles. The molecule has 0 heterocycles. The zero-order chi connectivity index (χ0) is 23.4. The first-order chi connectivity index (χ1) is 11.8. The van der Waals surface area contributed by atoms with Crippen molar-refractivity contribution in [1.29, 1.82) is 0 Å². The van der Waals surface area contributed by atoms with Gasteiger partial charge in [-0.1, -0.05) is 0 Å². The molecule has 0 aromatic rings. The van der Waals surface area contributed by atoms with Crippen LogP contribution in [0.15, 0.2) is 0 Å². The van der Waals surface area contributed by atoms with E-state index >= 15 is 0 Å². The van der Waals surface area contributed by atoms with Gasteiger partial charge in [0.05, 0.1) is 6.42 Å². The van der Waals surface area contributed by atoms with Gasteiger partial charge < -0.3 is 0 Å². The third kappa shape index (κ3) is 3.72. The molecule has 0 aromatic carbocycles. The summed E-state index contributed by atoms with van der Waals surface area (Å²) in [5.41, 5.74) is 0. The number of hydrogen-bond acceptors (Lipinski definition) is 2. The van der Waals surface area contributed by atoms with Crippen LogP contribution in [0.2, 0.25) is 0 Å². The van der Waals surface area contributed by atoms with Gasteiger partial charge in [0.15, 0.2) is 0 Å². The molecular weight excluding hydrogens is 456 g/mol. The smallest absolute Gasteiger partial charge is 0.292 e. The van der Waals surface area contributed by atoms with Crippen LogP contribution in [0.1, 0.15) is 6.42 Å². The molecule has 0 aromatic heterocycles. The van der Waals surface area contributed by atoms with Crippen molar-refractivity contribution in [1.82, 2.24) is 0 Å². The fourth-order valence-corrected chi connectivity index (χ4v) is 1.30. The van der Waals surface area contributed by atoms with Gasteiger partial charge >= 0.3 is 42.0 Å². The Labute approximate surface area is 141 Å². The number of rotatable bonds is 7. The van der Waals surface area contributed by atoms with Gasteiger partial charge in [0.1, 0.15) is 0 Å². The van der Waals surface area contributed by atoms with Gasteiger partial charge in [0, 0.05) is 0 Å². The van der Waals surface area contributed by atoms with E-state index in [1.807, 2.05) is 0 Å². The summed E-state index contributed by atoms with van der Waals surface area (Å²) in [6.07, 6.45) is -17.2. The maximum atomic E-state index is 13.1. The second kappa shape index (κ2) is 6.64. The minimum absolute atomic E-state index is 3.33.